The van der Waals surface area contributed by atoms with E-state index in [2.05, 4.69) is 5.32 Å². The van der Waals surface area contributed by atoms with Gasteiger partial charge in [-0.15, -0.1) is 0 Å². The highest BCUT2D eigenvalue weighted by molar-refractivity contribution is 8.76. The molecule has 1 fully saturated rings. The number of hydrogen-bond donors (Lipinski definition) is 4. The molecule has 0 aromatic rings. The van der Waals surface area contributed by atoms with Crippen LogP contribution in [0.15, 0.2) is 0 Å². The largest absolute Gasteiger partial charge is 0.480 e. The molecular weight excluding hydrogens is 370 g/mol. The molecule has 1 aliphatic heterocycles. The van der Waals surface area contributed by atoms with Crippen molar-refractivity contribution in [2.24, 2.45) is 11.7 Å². The van der Waals surface area contributed by atoms with Crippen molar-refractivity contribution in [3.63, 3.8) is 0 Å². The van der Waals surface area contributed by atoms with Crippen molar-refractivity contribution in [2.45, 2.75) is 31.8 Å². The van der Waals surface area contributed by atoms with Crippen molar-refractivity contribution in [3.8, 4) is 0 Å². The Balaban J connectivity index is 2.28. The lowest BCUT2D eigenvalue weighted by atomic mass is 10.1. The van der Waals surface area contributed by atoms with Crippen LogP contribution in [0.3, 0.4) is 0 Å². The summed E-state index contributed by atoms with van der Waals surface area (Å²) in [5.74, 6) is -2.43. The van der Waals surface area contributed by atoms with Crippen molar-refractivity contribution in [2.75, 3.05) is 24.6 Å². The number of nitrogens with one attached hydrogen (secondary N) is 1. The minimum Gasteiger partial charge on any atom is -0.480 e. The monoisotopic (exact) mass is 393 g/mol. The first kappa shape index (κ1) is 21.6. The van der Waals surface area contributed by atoms with Gasteiger partial charge in [0.25, 0.3) is 0 Å². The Morgan fingerprint density at radius 1 is 1.24 bits per heavy atom. The predicted molar refractivity (Wildman–Crippen MR) is 95.1 cm³/mol. The number of rotatable bonds is 10. The third-order valence-corrected chi connectivity index (χ3v) is 6.26. The van der Waals surface area contributed by atoms with Crippen molar-refractivity contribution in [1.82, 2.24) is 10.2 Å². The minimum absolute atomic E-state index is 0.179. The number of nitrogens with zero attached hydrogens (tertiary/aromatic N) is 1. The number of nitrogens with two attached hydrogens (primary N) is 1. The molecule has 11 heteroatoms. The normalized spacial score (nSPS) is 19.3. The van der Waals surface area contributed by atoms with E-state index < -0.39 is 36.5 Å². The van der Waals surface area contributed by atoms with E-state index in [0.717, 1.165) is 0 Å². The van der Waals surface area contributed by atoms with Crippen LogP contribution in [0.1, 0.15) is 19.8 Å². The second-order valence-corrected chi connectivity index (χ2v) is 8.27. The maximum absolute atomic E-state index is 12.3. The van der Waals surface area contributed by atoms with Crippen LogP contribution in [0.25, 0.3) is 0 Å². The van der Waals surface area contributed by atoms with E-state index >= 15 is 0 Å². The first-order chi connectivity index (χ1) is 11.7. The highest BCUT2D eigenvalue weighted by atomic mass is 33.1. The number of aliphatic carboxylic acids is 2. The number of amides is 2. The molecule has 25 heavy (non-hydrogen) atoms. The first-order valence-corrected chi connectivity index (χ1v) is 10.3. The van der Waals surface area contributed by atoms with Gasteiger partial charge in [-0.25, -0.2) is 4.79 Å². The molecule has 0 aliphatic carbocycles. The summed E-state index contributed by atoms with van der Waals surface area (Å²) >= 11 is 0. The van der Waals surface area contributed by atoms with Gasteiger partial charge in [0.2, 0.25) is 11.8 Å². The standard InChI is InChI=1S/C14H23N3O6S2/c1-8(13(21)17-4-2-3-10(17)14(22)23)6-24-25-7-9(15)12(20)16-5-11(18)19/h8-10H,2-7,15H2,1H3,(H,16,20)(H,18,19)(H,22,23)/t8-,9+,10+/m1/s1. The van der Waals surface area contributed by atoms with E-state index in [9.17, 15) is 19.2 Å². The molecule has 0 aromatic carbocycles. The van der Waals surface area contributed by atoms with E-state index in [4.69, 9.17) is 15.9 Å². The van der Waals surface area contributed by atoms with E-state index in [-0.39, 0.29) is 17.6 Å². The molecular formula is C14H23N3O6S2. The zero-order chi connectivity index (χ0) is 19.0. The second-order valence-electron chi connectivity index (χ2n) is 5.72. The van der Waals surface area contributed by atoms with Crippen LogP contribution in [0, 0.1) is 5.92 Å². The molecule has 0 radical (unpaired) electrons. The average Bonchev–Trinajstić information content (AvgIpc) is 3.05. The third-order valence-electron chi connectivity index (χ3n) is 3.64. The Morgan fingerprint density at radius 3 is 2.48 bits per heavy atom. The first-order valence-electron chi connectivity index (χ1n) is 7.76. The van der Waals surface area contributed by atoms with Crippen LogP contribution in [0.5, 0.6) is 0 Å². The van der Waals surface area contributed by atoms with E-state index in [1.54, 1.807) is 6.92 Å². The molecule has 1 heterocycles. The molecule has 9 nitrogen and oxygen atoms in total. The number of carboxylic acid groups (broad SMARTS) is 2. The van der Waals surface area contributed by atoms with Crippen molar-refractivity contribution in [1.29, 1.82) is 0 Å². The zero-order valence-corrected chi connectivity index (χ0v) is 15.5. The van der Waals surface area contributed by atoms with Gasteiger partial charge in [0, 0.05) is 24.0 Å². The molecule has 3 atom stereocenters. The summed E-state index contributed by atoms with van der Waals surface area (Å²) in [5.41, 5.74) is 5.65. The van der Waals surface area contributed by atoms with Gasteiger partial charge >= 0.3 is 11.9 Å². The van der Waals surface area contributed by atoms with Crippen LogP contribution in [0.2, 0.25) is 0 Å². The summed E-state index contributed by atoms with van der Waals surface area (Å²) in [6, 6.07) is -1.57. The van der Waals surface area contributed by atoms with E-state index in [1.807, 2.05) is 0 Å². The fourth-order valence-electron chi connectivity index (χ4n) is 2.28. The maximum Gasteiger partial charge on any atom is 0.326 e. The Kier molecular flexibility index (Phi) is 9.08. The molecule has 5 N–H and O–H groups in total. The topological polar surface area (TPSA) is 150 Å². The molecule has 1 rings (SSSR count). The van der Waals surface area contributed by atoms with Crippen LogP contribution >= 0.6 is 21.6 Å². The molecule has 1 saturated heterocycles. The number of carboxylic acids is 2. The Hall–Kier alpha value is -1.46. The van der Waals surface area contributed by atoms with Crippen molar-refractivity contribution < 1.29 is 29.4 Å². The van der Waals surface area contributed by atoms with Crippen LogP contribution < -0.4 is 11.1 Å². The van der Waals surface area contributed by atoms with E-state index in [0.29, 0.717) is 25.1 Å². The number of carbonyl (C=O) groups is 4. The summed E-state index contributed by atoms with van der Waals surface area (Å²) in [5, 5.41) is 19.8. The van der Waals surface area contributed by atoms with Crippen molar-refractivity contribution in [3.05, 3.63) is 0 Å². The summed E-state index contributed by atoms with van der Waals surface area (Å²) in [4.78, 5) is 46.8. The van der Waals surface area contributed by atoms with Gasteiger partial charge in [0.1, 0.15) is 12.6 Å². The Bertz CT molecular complexity index is 519. The van der Waals surface area contributed by atoms with Gasteiger partial charge in [-0.2, -0.15) is 0 Å². The van der Waals surface area contributed by atoms with Crippen LogP contribution in [-0.4, -0.2) is 75.5 Å². The number of hydrogen-bond acceptors (Lipinski definition) is 7. The predicted octanol–water partition coefficient (Wildman–Crippen LogP) is -0.392. The van der Waals surface area contributed by atoms with Gasteiger partial charge in [0.05, 0.1) is 6.04 Å². The fraction of sp³-hybridized carbons (Fsp3) is 0.714. The number of carbonyl (C=O) groups excluding carboxylic acids is 2. The van der Waals surface area contributed by atoms with Crippen LogP contribution in [-0.2, 0) is 19.2 Å². The SMILES string of the molecule is C[C@H](CSSC[C@H](N)C(=O)NCC(=O)O)C(=O)N1CCC[C@H]1C(=O)O. The quantitative estimate of drug-likeness (QED) is 0.287. The molecule has 0 bridgehead atoms. The molecule has 0 saturated carbocycles. The molecule has 2 amide bonds. The van der Waals surface area contributed by atoms with E-state index in [1.165, 1.54) is 26.5 Å². The summed E-state index contributed by atoms with van der Waals surface area (Å²) in [6.45, 7) is 1.73. The molecule has 1 aliphatic rings. The van der Waals surface area contributed by atoms with Gasteiger partial charge in [0.15, 0.2) is 0 Å². The minimum atomic E-state index is -1.14. The van der Waals surface area contributed by atoms with Gasteiger partial charge in [-0.1, -0.05) is 28.5 Å². The molecule has 0 spiro atoms. The zero-order valence-electron chi connectivity index (χ0n) is 13.8. The fourth-order valence-corrected chi connectivity index (χ4v) is 4.75. The summed E-state index contributed by atoms with van der Waals surface area (Å²) in [7, 11) is 2.69. The van der Waals surface area contributed by atoms with Crippen molar-refractivity contribution >= 4 is 45.3 Å². The van der Waals surface area contributed by atoms with Gasteiger partial charge < -0.3 is 26.2 Å². The van der Waals surface area contributed by atoms with Crippen LogP contribution in [0.4, 0.5) is 0 Å². The Labute approximate surface area is 153 Å². The molecule has 0 aromatic heterocycles. The lowest BCUT2D eigenvalue weighted by molar-refractivity contribution is -0.149. The lowest BCUT2D eigenvalue weighted by Crippen LogP contribution is -2.44. The third kappa shape index (κ3) is 7.12. The Morgan fingerprint density at radius 2 is 1.88 bits per heavy atom. The summed E-state index contributed by atoms with van der Waals surface area (Å²) < 4.78 is 0. The smallest absolute Gasteiger partial charge is 0.326 e. The molecule has 0 unspecified atom stereocenters. The maximum atomic E-state index is 12.3. The lowest BCUT2D eigenvalue weighted by Gasteiger charge is -2.24. The number of likely N-dealkylation sites (tertiary alicyclic amines) is 1. The summed E-state index contributed by atoms with van der Waals surface area (Å²) in [6.07, 6.45) is 1.17. The second kappa shape index (κ2) is 10.5. The highest BCUT2D eigenvalue weighted by Gasteiger charge is 2.35. The molecule has 142 valence electrons. The van der Waals surface area contributed by atoms with Gasteiger partial charge in [-0.05, 0) is 12.8 Å². The highest BCUT2D eigenvalue weighted by Crippen LogP contribution is 2.27. The van der Waals surface area contributed by atoms with Gasteiger partial charge in [-0.3, -0.25) is 14.4 Å². The average molecular weight is 393 g/mol.